The highest BCUT2D eigenvalue weighted by Crippen LogP contribution is 2.32. The molecule has 2 rings (SSSR count). The Labute approximate surface area is 149 Å². The number of ether oxygens (including phenoxy) is 2. The summed E-state index contributed by atoms with van der Waals surface area (Å²) in [7, 11) is 2.41. The molecule has 1 aromatic rings. The fourth-order valence-electron chi connectivity index (χ4n) is 2.40. The van der Waals surface area contributed by atoms with Crippen LogP contribution < -0.4 is 0 Å². The zero-order chi connectivity index (χ0) is 18.7. The number of aliphatic hydroxyl groups excluding tert-OH is 1. The molecule has 1 heterocycles. The van der Waals surface area contributed by atoms with E-state index in [1.807, 2.05) is 0 Å². The zero-order valence-corrected chi connectivity index (χ0v) is 14.8. The van der Waals surface area contributed by atoms with Crippen LogP contribution in [0.15, 0.2) is 52.9 Å². The van der Waals surface area contributed by atoms with E-state index in [9.17, 15) is 14.7 Å². The quantitative estimate of drug-likeness (QED) is 0.506. The van der Waals surface area contributed by atoms with Gasteiger partial charge in [-0.15, -0.1) is 0 Å². The molecule has 1 N–H and O–H groups in total. The van der Waals surface area contributed by atoms with Crippen LogP contribution in [0.4, 0.5) is 0 Å². The van der Waals surface area contributed by atoms with Crippen molar-refractivity contribution in [3.8, 4) is 0 Å². The lowest BCUT2D eigenvalue weighted by molar-refractivity contribution is -0.402. The Morgan fingerprint density at radius 3 is 2.16 bits per heavy atom. The molecule has 1 aliphatic rings. The molecular weight excluding hydrogens is 346 g/mol. The lowest BCUT2D eigenvalue weighted by atomic mass is 10.0. The third-order valence-electron chi connectivity index (χ3n) is 3.76. The summed E-state index contributed by atoms with van der Waals surface area (Å²) in [5, 5.41) is 10.9. The number of halogens is 1. The van der Waals surface area contributed by atoms with Crippen molar-refractivity contribution >= 4 is 36.0 Å². The van der Waals surface area contributed by atoms with Crippen molar-refractivity contribution < 1.29 is 28.7 Å². The molecule has 1 aromatic carbocycles. The molecule has 0 spiro atoms. The van der Waals surface area contributed by atoms with E-state index in [1.165, 1.54) is 24.9 Å². The van der Waals surface area contributed by atoms with Crippen molar-refractivity contribution in [3.63, 3.8) is 0 Å². The van der Waals surface area contributed by atoms with Crippen LogP contribution in [0.5, 0.6) is 0 Å². The van der Waals surface area contributed by atoms with Crippen LogP contribution in [-0.4, -0.2) is 42.6 Å². The van der Waals surface area contributed by atoms with Crippen LogP contribution in [0.2, 0.25) is 5.02 Å². The average Bonchev–Trinajstić information content (AvgIpc) is 2.85. The third-order valence-corrected chi connectivity index (χ3v) is 4.01. The number of nitrogens with zero attached hydrogens (tertiary/aromatic N) is 1. The number of allylic oxidation sites excluding steroid dienone is 2. The number of rotatable bonds is 4. The van der Waals surface area contributed by atoms with Gasteiger partial charge in [-0.25, -0.2) is 9.59 Å². The molecule has 0 saturated carbocycles. The molecule has 7 heteroatoms. The van der Waals surface area contributed by atoms with Gasteiger partial charge in [0.1, 0.15) is 18.0 Å². The van der Waals surface area contributed by atoms with Crippen molar-refractivity contribution in [2.45, 2.75) is 6.92 Å². The van der Waals surface area contributed by atoms with Gasteiger partial charge < -0.3 is 14.6 Å². The summed E-state index contributed by atoms with van der Waals surface area (Å²) in [6.45, 7) is 5.43. The Bertz CT molecular complexity index is 847. The van der Waals surface area contributed by atoms with E-state index in [0.717, 1.165) is 0 Å². The summed E-state index contributed by atoms with van der Waals surface area (Å²) >= 11 is 5.83. The SMILES string of the molecule is C=[N+]1C(C)=C(C(=O)OC)C(C(=O)OC)=C1/C=C(\O)c1ccc(Cl)cc1. The summed E-state index contributed by atoms with van der Waals surface area (Å²) in [6, 6.07) is 6.49. The van der Waals surface area contributed by atoms with Crippen molar-refractivity contribution in [3.05, 3.63) is 63.5 Å². The molecule has 0 atom stereocenters. The number of hydrogen-bond acceptors (Lipinski definition) is 5. The molecule has 0 aliphatic carbocycles. The Kier molecular flexibility index (Phi) is 5.44. The summed E-state index contributed by atoms with van der Waals surface area (Å²) in [5.74, 6) is -1.55. The van der Waals surface area contributed by atoms with Crippen LogP contribution in [0.25, 0.3) is 5.76 Å². The minimum atomic E-state index is -0.735. The van der Waals surface area contributed by atoms with Crippen LogP contribution in [-0.2, 0) is 19.1 Å². The van der Waals surface area contributed by atoms with Gasteiger partial charge in [-0.2, -0.15) is 4.58 Å². The molecule has 0 amide bonds. The van der Waals surface area contributed by atoms with Gasteiger partial charge in [0, 0.05) is 17.5 Å². The van der Waals surface area contributed by atoms with E-state index < -0.39 is 11.9 Å². The summed E-state index contributed by atoms with van der Waals surface area (Å²) in [6.07, 6.45) is 1.34. The zero-order valence-electron chi connectivity index (χ0n) is 14.0. The monoisotopic (exact) mass is 362 g/mol. The van der Waals surface area contributed by atoms with Crippen LogP contribution in [0.3, 0.4) is 0 Å². The molecule has 0 bridgehead atoms. The van der Waals surface area contributed by atoms with Gasteiger partial charge in [-0.3, -0.25) is 0 Å². The van der Waals surface area contributed by atoms with Crippen LogP contribution in [0, 0.1) is 0 Å². The van der Waals surface area contributed by atoms with Gasteiger partial charge in [0.25, 0.3) is 0 Å². The highest BCUT2D eigenvalue weighted by molar-refractivity contribution is 6.30. The summed E-state index contributed by atoms with van der Waals surface area (Å²) in [5.41, 5.74) is 1.13. The maximum atomic E-state index is 12.2. The summed E-state index contributed by atoms with van der Waals surface area (Å²) < 4.78 is 10.9. The Hall–Kier alpha value is -2.86. The fourth-order valence-corrected chi connectivity index (χ4v) is 2.53. The normalized spacial score (nSPS) is 14.9. The molecule has 0 aromatic heterocycles. The predicted octanol–water partition coefficient (Wildman–Crippen LogP) is 2.84. The van der Waals surface area contributed by atoms with E-state index in [4.69, 9.17) is 21.1 Å². The highest BCUT2D eigenvalue weighted by Gasteiger charge is 2.41. The van der Waals surface area contributed by atoms with E-state index in [0.29, 0.717) is 16.3 Å². The Balaban J connectivity index is 2.61. The second-order valence-corrected chi connectivity index (χ2v) is 5.60. The van der Waals surface area contributed by atoms with E-state index >= 15 is 0 Å². The minimum absolute atomic E-state index is 0.0256. The number of benzene rings is 1. The smallest absolute Gasteiger partial charge is 0.345 e. The van der Waals surface area contributed by atoms with Crippen LogP contribution in [0.1, 0.15) is 12.5 Å². The molecule has 1 aliphatic heterocycles. The Morgan fingerprint density at radius 2 is 1.64 bits per heavy atom. The maximum absolute atomic E-state index is 12.2. The van der Waals surface area contributed by atoms with Crippen LogP contribution >= 0.6 is 11.6 Å². The van der Waals surface area contributed by atoms with Crippen molar-refractivity contribution in [1.29, 1.82) is 0 Å². The maximum Gasteiger partial charge on any atom is 0.345 e. The molecule has 6 nitrogen and oxygen atoms in total. The first-order valence-electron chi connectivity index (χ1n) is 7.21. The average molecular weight is 363 g/mol. The number of carbonyl (C=O) groups is 2. The molecule has 0 saturated heterocycles. The molecule has 0 unspecified atom stereocenters. The van der Waals surface area contributed by atoms with Gasteiger partial charge in [-0.05, 0) is 24.3 Å². The summed E-state index contributed by atoms with van der Waals surface area (Å²) in [4.78, 5) is 24.3. The molecule has 0 fully saturated rings. The first-order valence-corrected chi connectivity index (χ1v) is 7.59. The first-order chi connectivity index (χ1) is 11.8. The molecule has 130 valence electrons. The molecule has 0 radical (unpaired) electrons. The highest BCUT2D eigenvalue weighted by atomic mass is 35.5. The van der Waals surface area contributed by atoms with E-state index in [1.54, 1.807) is 31.2 Å². The Morgan fingerprint density at radius 1 is 1.12 bits per heavy atom. The number of aliphatic hydroxyl groups is 1. The lowest BCUT2D eigenvalue weighted by Crippen LogP contribution is -2.14. The van der Waals surface area contributed by atoms with E-state index in [-0.39, 0.29) is 22.6 Å². The van der Waals surface area contributed by atoms with Crippen molar-refractivity contribution in [2.75, 3.05) is 14.2 Å². The van der Waals surface area contributed by atoms with Gasteiger partial charge in [0.05, 0.1) is 20.3 Å². The predicted molar refractivity (Wildman–Crippen MR) is 93.2 cm³/mol. The third kappa shape index (κ3) is 3.49. The second-order valence-electron chi connectivity index (χ2n) is 5.17. The fraction of sp³-hybridized carbons (Fsp3) is 0.167. The number of esters is 2. The number of carbonyl (C=O) groups excluding carboxylic acids is 2. The molecular formula is C18H17ClNO5+. The largest absolute Gasteiger partial charge is 0.507 e. The topological polar surface area (TPSA) is 75.8 Å². The standard InChI is InChI=1S/C18H16ClNO5/c1-10-15(17(22)24-3)16(18(23)25-4)13(20(10)2)9-14(21)11-5-7-12(19)8-6-11/h5-9H,2H2,1,3-4H3/p+1. The van der Waals surface area contributed by atoms with Gasteiger partial charge >= 0.3 is 11.9 Å². The first kappa shape index (κ1) is 18.5. The van der Waals surface area contributed by atoms with Crippen molar-refractivity contribution in [2.24, 2.45) is 0 Å². The van der Waals surface area contributed by atoms with Gasteiger partial charge in [-0.1, -0.05) is 11.6 Å². The lowest BCUT2D eigenvalue weighted by Gasteiger charge is -2.03. The molecule has 25 heavy (non-hydrogen) atoms. The second kappa shape index (κ2) is 7.36. The number of hydrogen-bond donors (Lipinski definition) is 1. The van der Waals surface area contributed by atoms with E-state index in [2.05, 4.69) is 6.72 Å². The van der Waals surface area contributed by atoms with Gasteiger partial charge in [0.2, 0.25) is 5.70 Å². The number of methoxy groups -OCH3 is 2. The van der Waals surface area contributed by atoms with Crippen molar-refractivity contribution in [1.82, 2.24) is 0 Å². The minimum Gasteiger partial charge on any atom is -0.507 e. The van der Waals surface area contributed by atoms with Gasteiger partial charge in [0.15, 0.2) is 11.3 Å².